The van der Waals surface area contributed by atoms with Crippen LogP contribution in [0.4, 0.5) is 5.69 Å². The molecule has 1 aromatic heterocycles. The Morgan fingerprint density at radius 2 is 1.90 bits per heavy atom. The average molecular weight is 409 g/mol. The second-order valence-electron chi connectivity index (χ2n) is 6.61. The van der Waals surface area contributed by atoms with E-state index in [-0.39, 0.29) is 0 Å². The van der Waals surface area contributed by atoms with E-state index < -0.39 is 6.23 Å². The minimum Gasteiger partial charge on any atom is -0.493 e. The van der Waals surface area contributed by atoms with Crippen LogP contribution in [0, 0.1) is 0 Å². The Labute approximate surface area is 175 Å². The molecule has 1 unspecified atom stereocenters. The molecule has 0 saturated carbocycles. The topological polar surface area (TPSA) is 69.2 Å². The van der Waals surface area contributed by atoms with E-state index in [1.807, 2.05) is 55.5 Å². The van der Waals surface area contributed by atoms with Crippen molar-refractivity contribution in [2.75, 3.05) is 17.7 Å². The van der Waals surface area contributed by atoms with Gasteiger partial charge >= 0.3 is 0 Å². The first-order chi connectivity index (χ1) is 14.3. The second-order valence-corrected chi connectivity index (χ2v) is 7.67. The molecule has 2 heterocycles. The van der Waals surface area contributed by atoms with Crippen LogP contribution in [0.2, 0.25) is 0 Å². The summed E-state index contributed by atoms with van der Waals surface area (Å²) in [4.78, 5) is 4.68. The van der Waals surface area contributed by atoms with E-state index in [1.54, 1.807) is 11.8 Å². The third-order valence-electron chi connectivity index (χ3n) is 4.56. The van der Waals surface area contributed by atoms with Gasteiger partial charge in [0.1, 0.15) is 5.75 Å². The summed E-state index contributed by atoms with van der Waals surface area (Å²) in [6, 6.07) is 15.9. The van der Waals surface area contributed by atoms with Crippen LogP contribution >= 0.6 is 11.8 Å². The molecule has 7 heteroatoms. The van der Waals surface area contributed by atoms with Crippen LogP contribution in [0.1, 0.15) is 38.5 Å². The summed E-state index contributed by atoms with van der Waals surface area (Å²) in [7, 11) is 0. The monoisotopic (exact) mass is 408 g/mol. The Balaban J connectivity index is 1.75. The molecule has 1 aliphatic heterocycles. The lowest BCUT2D eigenvalue weighted by molar-refractivity contribution is 0.217. The van der Waals surface area contributed by atoms with Gasteiger partial charge in [-0.2, -0.15) is 4.98 Å². The molecule has 29 heavy (non-hydrogen) atoms. The first-order valence-electron chi connectivity index (χ1n) is 9.92. The number of benzene rings is 2. The van der Waals surface area contributed by atoms with E-state index in [0.717, 1.165) is 41.2 Å². The maximum Gasteiger partial charge on any atom is 0.247 e. The summed E-state index contributed by atoms with van der Waals surface area (Å²) in [5.74, 6) is 2.23. The molecular weight excluding hydrogens is 384 g/mol. The highest BCUT2D eigenvalue weighted by molar-refractivity contribution is 7.99. The number of unbranched alkanes of at least 4 members (excludes halogenated alkanes) is 1. The Morgan fingerprint density at radius 3 is 2.76 bits per heavy atom. The SMILES string of the molecule is CCCCSc1nnc2c(n1)OC(c1ccccc1OCC)Nc1ccccc1-2. The van der Waals surface area contributed by atoms with E-state index in [2.05, 4.69) is 27.4 Å². The number of hydrogen-bond acceptors (Lipinski definition) is 7. The average Bonchev–Trinajstić information content (AvgIpc) is 2.91. The van der Waals surface area contributed by atoms with Crippen molar-refractivity contribution in [3.63, 3.8) is 0 Å². The molecule has 1 aliphatic rings. The van der Waals surface area contributed by atoms with Gasteiger partial charge < -0.3 is 14.8 Å². The lowest BCUT2D eigenvalue weighted by Crippen LogP contribution is -2.18. The molecule has 2 aromatic carbocycles. The fourth-order valence-electron chi connectivity index (χ4n) is 3.14. The zero-order valence-corrected chi connectivity index (χ0v) is 17.4. The van der Waals surface area contributed by atoms with Gasteiger partial charge in [-0.05, 0) is 31.5 Å². The van der Waals surface area contributed by atoms with Gasteiger partial charge in [-0.1, -0.05) is 55.4 Å². The van der Waals surface area contributed by atoms with Crippen LogP contribution in [-0.4, -0.2) is 27.5 Å². The summed E-state index contributed by atoms with van der Waals surface area (Å²) in [5.41, 5.74) is 3.40. The van der Waals surface area contributed by atoms with Gasteiger partial charge in [0.25, 0.3) is 0 Å². The molecule has 0 fully saturated rings. The number of aromatic nitrogens is 3. The second kappa shape index (κ2) is 9.13. The van der Waals surface area contributed by atoms with Crippen molar-refractivity contribution in [2.45, 2.75) is 38.1 Å². The molecule has 6 nitrogen and oxygen atoms in total. The van der Waals surface area contributed by atoms with Crippen molar-refractivity contribution >= 4 is 17.4 Å². The molecule has 0 amide bonds. The highest BCUT2D eigenvalue weighted by Gasteiger charge is 2.27. The molecule has 0 saturated heterocycles. The van der Waals surface area contributed by atoms with E-state index in [9.17, 15) is 0 Å². The van der Waals surface area contributed by atoms with E-state index in [4.69, 9.17) is 9.47 Å². The number of para-hydroxylation sites is 2. The fourth-order valence-corrected chi connectivity index (χ4v) is 4.00. The van der Waals surface area contributed by atoms with Gasteiger partial charge in [0.2, 0.25) is 17.3 Å². The van der Waals surface area contributed by atoms with Crippen LogP contribution in [0.25, 0.3) is 11.3 Å². The lowest BCUT2D eigenvalue weighted by Gasteiger charge is -2.21. The third-order valence-corrected chi connectivity index (χ3v) is 5.49. The minimum atomic E-state index is -0.453. The summed E-state index contributed by atoms with van der Waals surface area (Å²) in [6.07, 6.45) is 1.79. The predicted octanol–water partition coefficient (Wildman–Crippen LogP) is 5.33. The number of anilines is 1. The Morgan fingerprint density at radius 1 is 1.07 bits per heavy atom. The summed E-state index contributed by atoms with van der Waals surface area (Å²) in [6.45, 7) is 4.72. The quantitative estimate of drug-likeness (QED) is 0.418. The van der Waals surface area contributed by atoms with Crippen LogP contribution in [0.5, 0.6) is 11.6 Å². The van der Waals surface area contributed by atoms with E-state index in [1.165, 1.54) is 0 Å². The molecule has 3 aromatic rings. The molecule has 1 atom stereocenters. The smallest absolute Gasteiger partial charge is 0.247 e. The first kappa shape index (κ1) is 19.5. The van der Waals surface area contributed by atoms with Crippen molar-refractivity contribution in [2.24, 2.45) is 0 Å². The van der Waals surface area contributed by atoms with Gasteiger partial charge in [-0.25, -0.2) is 0 Å². The molecule has 1 N–H and O–H groups in total. The first-order valence-corrected chi connectivity index (χ1v) is 10.9. The maximum absolute atomic E-state index is 6.34. The van der Waals surface area contributed by atoms with Gasteiger partial charge in [-0.3, -0.25) is 0 Å². The molecule has 0 radical (unpaired) electrons. The molecule has 4 rings (SSSR count). The third kappa shape index (κ3) is 4.29. The number of fused-ring (bicyclic) bond motifs is 3. The highest BCUT2D eigenvalue weighted by atomic mass is 32.2. The van der Waals surface area contributed by atoms with Crippen LogP contribution in [0.3, 0.4) is 0 Å². The van der Waals surface area contributed by atoms with E-state index in [0.29, 0.717) is 23.3 Å². The summed E-state index contributed by atoms with van der Waals surface area (Å²) in [5, 5.41) is 12.9. The lowest BCUT2D eigenvalue weighted by atomic mass is 10.1. The standard InChI is InChI=1S/C22H24N4O2S/c1-3-5-14-29-22-24-21-19(25-26-22)15-10-6-8-12-17(15)23-20(28-21)16-11-7-9-13-18(16)27-4-2/h6-13,20,23H,3-5,14H2,1-2H3. The van der Waals surface area contributed by atoms with Gasteiger partial charge in [0.05, 0.1) is 12.2 Å². The van der Waals surface area contributed by atoms with Gasteiger partial charge in [-0.15, -0.1) is 10.2 Å². The Kier molecular flexibility index (Phi) is 6.14. The van der Waals surface area contributed by atoms with Crippen LogP contribution in [-0.2, 0) is 0 Å². The minimum absolute atomic E-state index is 0.453. The summed E-state index contributed by atoms with van der Waals surface area (Å²) < 4.78 is 12.2. The van der Waals surface area contributed by atoms with Crippen molar-refractivity contribution in [3.05, 3.63) is 54.1 Å². The zero-order chi connectivity index (χ0) is 20.1. The molecule has 0 bridgehead atoms. The number of hydrogen-bond donors (Lipinski definition) is 1. The van der Waals surface area contributed by atoms with Crippen molar-refractivity contribution in [1.82, 2.24) is 15.2 Å². The highest BCUT2D eigenvalue weighted by Crippen LogP contribution is 2.41. The van der Waals surface area contributed by atoms with Gasteiger partial charge in [0.15, 0.2) is 5.69 Å². The number of rotatable bonds is 7. The normalized spacial score (nSPS) is 14.8. The predicted molar refractivity (Wildman–Crippen MR) is 115 cm³/mol. The Hall–Kier alpha value is -2.80. The molecule has 150 valence electrons. The molecule has 0 aliphatic carbocycles. The van der Waals surface area contributed by atoms with Gasteiger partial charge in [0, 0.05) is 17.0 Å². The molecule has 0 spiro atoms. The van der Waals surface area contributed by atoms with Crippen molar-refractivity contribution < 1.29 is 9.47 Å². The Bertz CT molecular complexity index is 983. The largest absolute Gasteiger partial charge is 0.493 e. The number of nitrogens with one attached hydrogen (secondary N) is 1. The molecular formula is C22H24N4O2S. The number of thioether (sulfide) groups is 1. The van der Waals surface area contributed by atoms with Crippen LogP contribution in [0.15, 0.2) is 53.7 Å². The zero-order valence-electron chi connectivity index (χ0n) is 16.6. The fraction of sp³-hybridized carbons (Fsp3) is 0.318. The van der Waals surface area contributed by atoms with E-state index >= 15 is 0 Å². The number of nitrogens with zero attached hydrogens (tertiary/aromatic N) is 3. The van der Waals surface area contributed by atoms with Crippen LogP contribution < -0.4 is 14.8 Å². The van der Waals surface area contributed by atoms with Crippen molar-refractivity contribution in [3.8, 4) is 22.9 Å². The summed E-state index contributed by atoms with van der Waals surface area (Å²) >= 11 is 1.60. The number of ether oxygens (including phenoxy) is 2. The van der Waals surface area contributed by atoms with Crippen molar-refractivity contribution in [1.29, 1.82) is 0 Å². The maximum atomic E-state index is 6.34.